The Kier molecular flexibility index (Phi) is 6.33. The summed E-state index contributed by atoms with van der Waals surface area (Å²) in [6.07, 6.45) is 6.08. The standard InChI is InChI=1S/C30H27N7O2S/c1-18(38)25-9-10-26(40-25)21-5-4-6-23-27(21)34-30(33-23)29-28-24(35-36-29)8-7-22(32-28)19-15-20(17-31-16-19)39-14-13-37-11-2-3-12-37/h4-10,15-17H,2-3,11-14H2,1H3,(H,33,34)(H,35,36). The van der Waals surface area contributed by atoms with Crippen LogP contribution in [0.3, 0.4) is 0 Å². The number of hydrogen-bond donors (Lipinski definition) is 2. The number of para-hydroxylation sites is 1. The number of ketones is 1. The molecule has 0 amide bonds. The van der Waals surface area contributed by atoms with Gasteiger partial charge in [0.1, 0.15) is 17.9 Å². The normalized spacial score (nSPS) is 13.9. The number of hydrogen-bond acceptors (Lipinski definition) is 8. The van der Waals surface area contributed by atoms with Crippen LogP contribution in [0, 0.1) is 0 Å². The van der Waals surface area contributed by atoms with Crippen molar-refractivity contribution in [2.45, 2.75) is 19.8 Å². The van der Waals surface area contributed by atoms with Gasteiger partial charge in [0, 0.05) is 28.7 Å². The molecule has 9 nitrogen and oxygen atoms in total. The van der Waals surface area contributed by atoms with Gasteiger partial charge in [0.2, 0.25) is 0 Å². The highest BCUT2D eigenvalue weighted by atomic mass is 32.1. The number of aromatic amines is 2. The van der Waals surface area contributed by atoms with Crippen molar-refractivity contribution in [3.63, 3.8) is 0 Å². The number of nitrogens with zero attached hydrogens (tertiary/aromatic N) is 5. The predicted molar refractivity (Wildman–Crippen MR) is 157 cm³/mol. The summed E-state index contributed by atoms with van der Waals surface area (Å²) in [6, 6.07) is 15.7. The Hall–Kier alpha value is -4.41. The average Bonchev–Trinajstić information content (AvgIpc) is 3.78. The smallest absolute Gasteiger partial charge is 0.169 e. The van der Waals surface area contributed by atoms with E-state index in [-0.39, 0.29) is 5.78 Å². The zero-order valence-electron chi connectivity index (χ0n) is 22.0. The average molecular weight is 550 g/mol. The number of nitrogens with one attached hydrogen (secondary N) is 2. The van der Waals surface area contributed by atoms with Gasteiger partial charge in [0.25, 0.3) is 0 Å². The quantitative estimate of drug-likeness (QED) is 0.225. The monoisotopic (exact) mass is 549 g/mol. The number of thiophene rings is 1. The van der Waals surface area contributed by atoms with Crippen molar-refractivity contribution >= 4 is 39.2 Å². The minimum Gasteiger partial charge on any atom is -0.491 e. The third-order valence-electron chi connectivity index (χ3n) is 7.25. The Labute approximate surface area is 234 Å². The van der Waals surface area contributed by atoms with Crippen molar-refractivity contribution in [2.75, 3.05) is 26.2 Å². The molecule has 1 aliphatic rings. The van der Waals surface area contributed by atoms with Crippen molar-refractivity contribution in [3.05, 3.63) is 65.8 Å². The summed E-state index contributed by atoms with van der Waals surface area (Å²) in [5, 5.41) is 7.64. The van der Waals surface area contributed by atoms with E-state index in [1.54, 1.807) is 19.3 Å². The van der Waals surface area contributed by atoms with E-state index in [0.29, 0.717) is 23.6 Å². The van der Waals surface area contributed by atoms with E-state index >= 15 is 0 Å². The Balaban J connectivity index is 1.20. The van der Waals surface area contributed by atoms with E-state index in [0.717, 1.165) is 68.5 Å². The highest BCUT2D eigenvalue weighted by molar-refractivity contribution is 7.17. The lowest BCUT2D eigenvalue weighted by atomic mass is 10.1. The number of benzene rings is 1. The van der Waals surface area contributed by atoms with Gasteiger partial charge in [-0.25, -0.2) is 9.97 Å². The van der Waals surface area contributed by atoms with E-state index in [1.165, 1.54) is 24.2 Å². The second-order valence-corrected chi connectivity index (χ2v) is 11.1. The van der Waals surface area contributed by atoms with Gasteiger partial charge < -0.3 is 9.72 Å². The topological polar surface area (TPSA) is 113 Å². The first kappa shape index (κ1) is 24.6. The molecule has 0 unspecified atom stereocenters. The fourth-order valence-electron chi connectivity index (χ4n) is 5.18. The van der Waals surface area contributed by atoms with Gasteiger partial charge in [0.05, 0.1) is 33.3 Å². The molecule has 200 valence electrons. The van der Waals surface area contributed by atoms with Gasteiger partial charge in [-0.15, -0.1) is 11.3 Å². The van der Waals surface area contributed by atoms with Gasteiger partial charge in [-0.05, 0) is 69.3 Å². The molecule has 0 bridgehead atoms. The Morgan fingerprint density at radius 3 is 2.77 bits per heavy atom. The molecule has 7 rings (SSSR count). The van der Waals surface area contributed by atoms with Gasteiger partial charge in [-0.1, -0.05) is 12.1 Å². The lowest BCUT2D eigenvalue weighted by Crippen LogP contribution is -2.25. The van der Waals surface area contributed by atoms with Crippen LogP contribution in [-0.4, -0.2) is 67.1 Å². The number of likely N-dealkylation sites (tertiary alicyclic amines) is 1. The van der Waals surface area contributed by atoms with Crippen LogP contribution in [0.4, 0.5) is 0 Å². The minimum atomic E-state index is 0.0605. The molecule has 1 aromatic carbocycles. The molecular weight excluding hydrogens is 522 g/mol. The molecule has 0 saturated carbocycles. The lowest BCUT2D eigenvalue weighted by Gasteiger charge is -2.15. The van der Waals surface area contributed by atoms with Gasteiger partial charge in [-0.2, -0.15) is 5.10 Å². The Morgan fingerprint density at radius 2 is 1.93 bits per heavy atom. The first-order chi connectivity index (χ1) is 19.6. The first-order valence-corrected chi connectivity index (χ1v) is 14.2. The first-order valence-electron chi connectivity index (χ1n) is 13.4. The molecule has 0 spiro atoms. The van der Waals surface area contributed by atoms with Crippen LogP contribution < -0.4 is 4.74 Å². The third-order valence-corrected chi connectivity index (χ3v) is 8.47. The summed E-state index contributed by atoms with van der Waals surface area (Å²) in [5.41, 5.74) is 6.51. The van der Waals surface area contributed by atoms with Crippen LogP contribution in [0.1, 0.15) is 29.4 Å². The number of fused-ring (bicyclic) bond motifs is 2. The summed E-state index contributed by atoms with van der Waals surface area (Å²) in [4.78, 5) is 33.7. The predicted octanol–water partition coefficient (Wildman–Crippen LogP) is 5.97. The summed E-state index contributed by atoms with van der Waals surface area (Å²) in [5.74, 6) is 1.42. The highest BCUT2D eigenvalue weighted by Crippen LogP contribution is 2.35. The van der Waals surface area contributed by atoms with Gasteiger partial charge in [-0.3, -0.25) is 19.8 Å². The van der Waals surface area contributed by atoms with E-state index in [1.807, 2.05) is 48.5 Å². The van der Waals surface area contributed by atoms with Crippen LogP contribution >= 0.6 is 11.3 Å². The molecule has 6 aromatic rings. The zero-order valence-corrected chi connectivity index (χ0v) is 22.8. The Bertz CT molecular complexity index is 1850. The number of Topliss-reactive ketones (excluding diaryl/α,β-unsaturated/α-hetero) is 1. The molecule has 10 heteroatoms. The summed E-state index contributed by atoms with van der Waals surface area (Å²) < 4.78 is 6.01. The lowest BCUT2D eigenvalue weighted by molar-refractivity contribution is 0.102. The largest absolute Gasteiger partial charge is 0.491 e. The fourth-order valence-corrected chi connectivity index (χ4v) is 6.10. The maximum atomic E-state index is 11.8. The third kappa shape index (κ3) is 4.65. The molecule has 1 aliphatic heterocycles. The number of carbonyl (C=O) groups excluding carboxylic acids is 1. The van der Waals surface area contributed by atoms with Crippen LogP contribution in [0.2, 0.25) is 0 Å². The molecule has 40 heavy (non-hydrogen) atoms. The molecule has 0 atom stereocenters. The number of H-pyrrole nitrogens is 2. The molecule has 0 aliphatic carbocycles. The molecule has 5 aromatic heterocycles. The van der Waals surface area contributed by atoms with Crippen LogP contribution in [-0.2, 0) is 0 Å². The van der Waals surface area contributed by atoms with Crippen molar-refractivity contribution in [3.8, 4) is 39.0 Å². The van der Waals surface area contributed by atoms with E-state index in [9.17, 15) is 4.79 Å². The number of pyridine rings is 2. The minimum absolute atomic E-state index is 0.0605. The van der Waals surface area contributed by atoms with Gasteiger partial charge in [0.15, 0.2) is 17.3 Å². The van der Waals surface area contributed by atoms with E-state index in [4.69, 9.17) is 14.7 Å². The molecule has 1 fully saturated rings. The number of rotatable bonds is 8. The molecule has 6 heterocycles. The van der Waals surface area contributed by atoms with Crippen molar-refractivity contribution < 1.29 is 9.53 Å². The molecule has 1 saturated heterocycles. The van der Waals surface area contributed by atoms with Crippen LogP contribution in [0.25, 0.3) is 55.3 Å². The molecule has 2 N–H and O–H groups in total. The number of carbonyl (C=O) groups is 1. The maximum absolute atomic E-state index is 11.8. The van der Waals surface area contributed by atoms with Crippen LogP contribution in [0.5, 0.6) is 5.75 Å². The molecule has 0 radical (unpaired) electrons. The van der Waals surface area contributed by atoms with Crippen molar-refractivity contribution in [1.29, 1.82) is 0 Å². The number of ether oxygens (including phenoxy) is 1. The highest BCUT2D eigenvalue weighted by Gasteiger charge is 2.18. The van der Waals surface area contributed by atoms with Gasteiger partial charge >= 0.3 is 0 Å². The number of aromatic nitrogens is 6. The zero-order chi connectivity index (χ0) is 27.1. The van der Waals surface area contributed by atoms with E-state index < -0.39 is 0 Å². The van der Waals surface area contributed by atoms with Crippen molar-refractivity contribution in [1.82, 2.24) is 35.0 Å². The summed E-state index contributed by atoms with van der Waals surface area (Å²) >= 11 is 1.47. The SMILES string of the molecule is CC(=O)c1ccc(-c2cccc3[nH]c(-c4n[nH]c5ccc(-c6cncc(OCCN7CCCC7)c6)nc45)nc23)s1. The number of imidazole rings is 1. The maximum Gasteiger partial charge on any atom is 0.169 e. The summed E-state index contributed by atoms with van der Waals surface area (Å²) in [7, 11) is 0. The summed E-state index contributed by atoms with van der Waals surface area (Å²) in [6.45, 7) is 5.46. The fraction of sp³-hybridized carbons (Fsp3) is 0.233. The van der Waals surface area contributed by atoms with Crippen LogP contribution in [0.15, 0.2) is 60.9 Å². The Morgan fingerprint density at radius 1 is 1.02 bits per heavy atom. The van der Waals surface area contributed by atoms with Crippen molar-refractivity contribution in [2.24, 2.45) is 0 Å². The molecular formula is C30H27N7O2S. The van der Waals surface area contributed by atoms with E-state index in [2.05, 4.69) is 25.1 Å². The second-order valence-electron chi connectivity index (χ2n) is 9.98. The second kappa shape index (κ2) is 10.3.